The molecule has 0 unspecified atom stereocenters. The van der Waals surface area contributed by atoms with Gasteiger partial charge in [0.1, 0.15) is 4.88 Å². The van der Waals surface area contributed by atoms with Crippen LogP contribution in [-0.4, -0.2) is 10.5 Å². The van der Waals surface area contributed by atoms with Crippen LogP contribution in [0.1, 0.15) is 23.5 Å². The predicted molar refractivity (Wildman–Crippen MR) is 96.7 cm³/mol. The van der Waals surface area contributed by atoms with E-state index >= 15 is 0 Å². The molecule has 0 fully saturated rings. The second kappa shape index (κ2) is 6.26. The summed E-state index contributed by atoms with van der Waals surface area (Å²) in [6.45, 7) is 5.41. The lowest BCUT2D eigenvalue weighted by atomic mass is 10.2. The Bertz CT molecular complexity index is 819. The summed E-state index contributed by atoms with van der Waals surface area (Å²) in [6, 6.07) is 10.0. The number of hydrogen-bond donors (Lipinski definition) is 1. The number of benzene rings is 1. The smallest absolute Gasteiger partial charge is 0.266 e. The van der Waals surface area contributed by atoms with Crippen molar-refractivity contribution in [3.05, 3.63) is 51.3 Å². The zero-order valence-electron chi connectivity index (χ0n) is 12.5. The summed E-state index contributed by atoms with van der Waals surface area (Å²) < 4.78 is 3.08. The van der Waals surface area contributed by atoms with Gasteiger partial charge in [0, 0.05) is 33.8 Å². The van der Waals surface area contributed by atoms with Crippen molar-refractivity contribution < 1.29 is 4.79 Å². The van der Waals surface area contributed by atoms with Gasteiger partial charge in [-0.3, -0.25) is 4.79 Å². The zero-order chi connectivity index (χ0) is 15.7. The molecule has 0 radical (unpaired) electrons. The van der Waals surface area contributed by atoms with Crippen molar-refractivity contribution in [1.29, 1.82) is 0 Å². The van der Waals surface area contributed by atoms with Crippen molar-refractivity contribution in [3.63, 3.8) is 0 Å². The predicted octanol–water partition coefficient (Wildman–Crippen LogP) is 5.37. The summed E-state index contributed by atoms with van der Waals surface area (Å²) >= 11 is 4.82. The Balaban J connectivity index is 1.84. The average Bonchev–Trinajstić information content (AvgIpc) is 3.05. The molecular formula is C17H17BrN2OS. The maximum absolute atomic E-state index is 12.2. The number of nitrogens with one attached hydrogen (secondary N) is 1. The van der Waals surface area contributed by atoms with Crippen LogP contribution in [0.2, 0.25) is 0 Å². The summed E-state index contributed by atoms with van der Waals surface area (Å²) in [5, 5.41) is 6.00. The normalized spacial score (nSPS) is 11.3. The first-order chi connectivity index (χ1) is 10.5. The van der Waals surface area contributed by atoms with E-state index in [1.807, 2.05) is 23.6 Å². The molecule has 0 atom stereocenters. The van der Waals surface area contributed by atoms with Crippen molar-refractivity contribution in [2.24, 2.45) is 5.92 Å². The maximum atomic E-state index is 12.2. The Morgan fingerprint density at radius 2 is 2.14 bits per heavy atom. The first kappa shape index (κ1) is 15.3. The number of amides is 1. The molecule has 5 heteroatoms. The fourth-order valence-corrected chi connectivity index (χ4v) is 3.92. The van der Waals surface area contributed by atoms with Crippen LogP contribution in [0, 0.1) is 5.92 Å². The van der Waals surface area contributed by atoms with Gasteiger partial charge in [0.05, 0.1) is 0 Å². The van der Waals surface area contributed by atoms with E-state index in [1.165, 1.54) is 16.9 Å². The summed E-state index contributed by atoms with van der Waals surface area (Å²) in [6.07, 6.45) is 2.10. The third-order valence-corrected chi connectivity index (χ3v) is 5.25. The molecule has 3 rings (SSSR count). The maximum Gasteiger partial charge on any atom is 0.266 e. The zero-order valence-corrected chi connectivity index (χ0v) is 14.9. The highest BCUT2D eigenvalue weighted by Crippen LogP contribution is 2.25. The van der Waals surface area contributed by atoms with E-state index in [0.29, 0.717) is 10.8 Å². The van der Waals surface area contributed by atoms with Crippen molar-refractivity contribution in [3.8, 4) is 0 Å². The molecule has 0 aliphatic carbocycles. The Morgan fingerprint density at radius 3 is 2.82 bits per heavy atom. The molecular weight excluding hydrogens is 360 g/mol. The molecule has 0 saturated heterocycles. The lowest BCUT2D eigenvalue weighted by Gasteiger charge is -2.09. The van der Waals surface area contributed by atoms with Crippen LogP contribution in [0.15, 0.2) is 46.4 Å². The van der Waals surface area contributed by atoms with Gasteiger partial charge in [-0.15, -0.1) is 11.3 Å². The van der Waals surface area contributed by atoms with Crippen molar-refractivity contribution >= 4 is 49.8 Å². The van der Waals surface area contributed by atoms with Gasteiger partial charge < -0.3 is 9.88 Å². The SMILES string of the molecule is CC(C)Cn1ccc2cc(NC(=O)c3sccc3Br)ccc21. The molecule has 1 N–H and O–H groups in total. The first-order valence-corrected chi connectivity index (χ1v) is 8.85. The van der Waals surface area contributed by atoms with E-state index in [-0.39, 0.29) is 5.91 Å². The highest BCUT2D eigenvalue weighted by molar-refractivity contribution is 9.10. The third kappa shape index (κ3) is 3.10. The van der Waals surface area contributed by atoms with E-state index in [1.54, 1.807) is 0 Å². The molecule has 0 spiro atoms. The van der Waals surface area contributed by atoms with E-state index < -0.39 is 0 Å². The van der Waals surface area contributed by atoms with Crippen molar-refractivity contribution in [2.75, 3.05) is 5.32 Å². The Morgan fingerprint density at radius 1 is 1.32 bits per heavy atom. The number of aromatic nitrogens is 1. The Labute approximate surface area is 142 Å². The number of nitrogens with zero attached hydrogens (tertiary/aromatic N) is 1. The number of anilines is 1. The molecule has 1 aromatic carbocycles. The number of thiophene rings is 1. The Kier molecular flexibility index (Phi) is 4.36. The second-order valence-corrected chi connectivity index (χ2v) is 7.46. The largest absolute Gasteiger partial charge is 0.347 e. The van der Waals surface area contributed by atoms with Gasteiger partial charge in [0.25, 0.3) is 5.91 Å². The van der Waals surface area contributed by atoms with Gasteiger partial charge in [-0.2, -0.15) is 0 Å². The molecule has 0 saturated carbocycles. The Hall–Kier alpha value is -1.59. The standard InChI is InChI=1S/C17H17BrN2OS/c1-11(2)10-20-7-5-12-9-13(3-4-15(12)20)19-17(21)16-14(18)6-8-22-16/h3-9,11H,10H2,1-2H3,(H,19,21). The highest BCUT2D eigenvalue weighted by Gasteiger charge is 2.12. The van der Waals surface area contributed by atoms with Crippen LogP contribution in [0.25, 0.3) is 10.9 Å². The summed E-state index contributed by atoms with van der Waals surface area (Å²) in [5.74, 6) is 0.522. The van der Waals surface area contributed by atoms with Crippen molar-refractivity contribution in [2.45, 2.75) is 20.4 Å². The summed E-state index contributed by atoms with van der Waals surface area (Å²) in [5.41, 5.74) is 2.02. The van der Waals surface area contributed by atoms with Crippen LogP contribution < -0.4 is 5.32 Å². The quantitative estimate of drug-likeness (QED) is 0.651. The van der Waals surface area contributed by atoms with Crippen molar-refractivity contribution in [1.82, 2.24) is 4.57 Å². The fourth-order valence-electron chi connectivity index (χ4n) is 2.47. The van der Waals surface area contributed by atoms with Gasteiger partial charge in [-0.05, 0) is 57.6 Å². The number of carbonyl (C=O) groups is 1. The van der Waals surface area contributed by atoms with Crippen LogP contribution in [0.4, 0.5) is 5.69 Å². The molecule has 2 heterocycles. The van der Waals surface area contributed by atoms with Gasteiger partial charge in [-0.1, -0.05) is 13.8 Å². The molecule has 114 valence electrons. The van der Waals surface area contributed by atoms with Gasteiger partial charge in [0.2, 0.25) is 0 Å². The van der Waals surface area contributed by atoms with Crippen LogP contribution in [0.3, 0.4) is 0 Å². The van der Waals surface area contributed by atoms with E-state index in [4.69, 9.17) is 0 Å². The van der Waals surface area contributed by atoms with E-state index in [9.17, 15) is 4.79 Å². The minimum Gasteiger partial charge on any atom is -0.347 e. The number of hydrogen-bond acceptors (Lipinski definition) is 2. The lowest BCUT2D eigenvalue weighted by Crippen LogP contribution is -2.10. The van der Waals surface area contributed by atoms with Crippen LogP contribution in [0.5, 0.6) is 0 Å². The lowest BCUT2D eigenvalue weighted by molar-refractivity contribution is 0.103. The molecule has 3 nitrogen and oxygen atoms in total. The minimum absolute atomic E-state index is 0.0807. The molecule has 0 bridgehead atoms. The van der Waals surface area contributed by atoms with Gasteiger partial charge >= 0.3 is 0 Å². The molecule has 22 heavy (non-hydrogen) atoms. The molecule has 0 aliphatic heterocycles. The van der Waals surface area contributed by atoms with Gasteiger partial charge in [0.15, 0.2) is 0 Å². The summed E-state index contributed by atoms with van der Waals surface area (Å²) in [4.78, 5) is 12.9. The number of fused-ring (bicyclic) bond motifs is 1. The first-order valence-electron chi connectivity index (χ1n) is 7.18. The van der Waals surface area contributed by atoms with Gasteiger partial charge in [-0.25, -0.2) is 0 Å². The molecule has 1 amide bonds. The molecule has 3 aromatic rings. The molecule has 2 aromatic heterocycles. The fraction of sp³-hybridized carbons (Fsp3) is 0.235. The average molecular weight is 377 g/mol. The topological polar surface area (TPSA) is 34.0 Å². The summed E-state index contributed by atoms with van der Waals surface area (Å²) in [7, 11) is 0. The van der Waals surface area contributed by atoms with E-state index in [0.717, 1.165) is 22.1 Å². The number of carbonyl (C=O) groups excluding carboxylic acids is 1. The minimum atomic E-state index is -0.0807. The van der Waals surface area contributed by atoms with E-state index in [2.05, 4.69) is 58.0 Å². The second-order valence-electron chi connectivity index (χ2n) is 5.69. The number of rotatable bonds is 4. The number of halogens is 1. The third-order valence-electron chi connectivity index (χ3n) is 3.41. The monoisotopic (exact) mass is 376 g/mol. The molecule has 0 aliphatic rings. The van der Waals surface area contributed by atoms with Crippen LogP contribution in [-0.2, 0) is 6.54 Å². The highest BCUT2D eigenvalue weighted by atomic mass is 79.9. The van der Waals surface area contributed by atoms with Crippen LogP contribution >= 0.6 is 27.3 Å².